The summed E-state index contributed by atoms with van der Waals surface area (Å²) in [5, 5.41) is 10.2. The third-order valence-corrected chi connectivity index (χ3v) is 6.42. The second-order valence-electron chi connectivity index (χ2n) is 7.44. The number of hydrogen-bond acceptors (Lipinski definition) is 6. The van der Waals surface area contributed by atoms with Crippen LogP contribution >= 0.6 is 23.4 Å². The van der Waals surface area contributed by atoms with Crippen LogP contribution in [0.25, 0.3) is 0 Å². The molecule has 0 amide bonds. The van der Waals surface area contributed by atoms with Crippen molar-refractivity contribution in [1.82, 2.24) is 19.7 Å². The van der Waals surface area contributed by atoms with Crippen molar-refractivity contribution >= 4 is 29.1 Å². The maximum absolute atomic E-state index is 13.0. The third-order valence-electron chi connectivity index (χ3n) is 5.21. The lowest BCUT2D eigenvalue weighted by molar-refractivity contribution is 0.0800. The summed E-state index contributed by atoms with van der Waals surface area (Å²) >= 11 is 7.48. The summed E-state index contributed by atoms with van der Waals surface area (Å²) in [6, 6.07) is 9.45. The molecule has 0 bridgehead atoms. The van der Waals surface area contributed by atoms with E-state index in [0.717, 1.165) is 53.1 Å². The molecule has 2 aromatic heterocycles. The van der Waals surface area contributed by atoms with Gasteiger partial charge in [0, 0.05) is 30.1 Å². The predicted octanol–water partition coefficient (Wildman–Crippen LogP) is 4.62. The Morgan fingerprint density at radius 2 is 2.21 bits per heavy atom. The average molecular weight is 431 g/mol. The molecule has 6 nitrogen and oxygen atoms in total. The highest BCUT2D eigenvalue weighted by Crippen LogP contribution is 2.29. The number of piperidine rings is 1. The highest BCUT2D eigenvalue weighted by molar-refractivity contribution is 7.99. The molecule has 0 radical (unpaired) electrons. The van der Waals surface area contributed by atoms with Crippen LogP contribution in [0.15, 0.2) is 51.3 Å². The van der Waals surface area contributed by atoms with Gasteiger partial charge >= 0.3 is 0 Å². The summed E-state index contributed by atoms with van der Waals surface area (Å²) in [6.45, 7) is 4.35. The molecule has 4 rings (SSSR count). The number of aromatic nitrogens is 3. The van der Waals surface area contributed by atoms with Crippen molar-refractivity contribution in [1.29, 1.82) is 0 Å². The number of carbonyl (C=O) groups is 1. The molecule has 1 unspecified atom stereocenters. The molecule has 1 fully saturated rings. The molecule has 29 heavy (non-hydrogen) atoms. The van der Waals surface area contributed by atoms with Gasteiger partial charge in [0.05, 0.1) is 6.54 Å². The van der Waals surface area contributed by atoms with E-state index in [1.54, 1.807) is 12.4 Å². The quantitative estimate of drug-likeness (QED) is 0.532. The van der Waals surface area contributed by atoms with Gasteiger partial charge in [-0.05, 0) is 74.0 Å². The Hall–Kier alpha value is -2.09. The smallest absolute Gasteiger partial charge is 0.198 e. The van der Waals surface area contributed by atoms with Gasteiger partial charge in [-0.3, -0.25) is 9.69 Å². The number of furan rings is 1. The van der Waals surface area contributed by atoms with E-state index in [0.29, 0.717) is 11.6 Å². The molecule has 0 saturated carbocycles. The third kappa shape index (κ3) is 4.74. The van der Waals surface area contributed by atoms with Crippen molar-refractivity contribution in [2.24, 2.45) is 13.0 Å². The zero-order chi connectivity index (χ0) is 20.4. The molecular formula is C21H23ClN4O2S. The standard InChI is InChI=1S/C21H23ClN4O2S/c1-14-10-16(22)5-7-18(14)20(27)15-4-3-9-26(11-15)12-17-6-8-19(28-17)29-21-24-23-13-25(21)2/h5-8,10,13,15H,3-4,9,11-12H2,1-2H3. The van der Waals surface area contributed by atoms with E-state index in [1.165, 1.54) is 11.8 Å². The molecule has 1 aliphatic heterocycles. The van der Waals surface area contributed by atoms with E-state index in [2.05, 4.69) is 15.1 Å². The number of carbonyl (C=O) groups excluding carboxylic acids is 1. The SMILES string of the molecule is Cc1cc(Cl)ccc1C(=O)C1CCCN(Cc2ccc(Sc3nncn3C)o2)C1. The first-order chi connectivity index (χ1) is 14.0. The fourth-order valence-corrected chi connectivity index (χ4v) is 4.68. The fraction of sp³-hybridized carbons (Fsp3) is 0.381. The van der Waals surface area contributed by atoms with Crippen molar-refractivity contribution < 1.29 is 9.21 Å². The van der Waals surface area contributed by atoms with E-state index in [9.17, 15) is 4.79 Å². The van der Waals surface area contributed by atoms with Gasteiger partial charge in [-0.1, -0.05) is 11.6 Å². The van der Waals surface area contributed by atoms with Crippen LogP contribution in [0, 0.1) is 12.8 Å². The largest absolute Gasteiger partial charge is 0.453 e. The number of benzene rings is 1. The van der Waals surface area contributed by atoms with Crippen molar-refractivity contribution in [3.05, 3.63) is 58.6 Å². The van der Waals surface area contributed by atoms with Crippen LogP contribution in [-0.2, 0) is 13.6 Å². The van der Waals surface area contributed by atoms with Crippen molar-refractivity contribution in [2.45, 2.75) is 36.6 Å². The number of nitrogens with zero attached hydrogens (tertiary/aromatic N) is 4. The minimum Gasteiger partial charge on any atom is -0.453 e. The molecule has 0 aliphatic carbocycles. The Kier molecular flexibility index (Phi) is 6.08. The highest BCUT2D eigenvalue weighted by Gasteiger charge is 2.28. The molecular weight excluding hydrogens is 408 g/mol. The zero-order valence-electron chi connectivity index (χ0n) is 16.5. The van der Waals surface area contributed by atoms with E-state index in [1.807, 2.05) is 42.8 Å². The first-order valence-corrected chi connectivity index (χ1v) is 10.8. The Balaban J connectivity index is 1.39. The topological polar surface area (TPSA) is 64.2 Å². The molecule has 1 atom stereocenters. The van der Waals surface area contributed by atoms with Gasteiger partial charge in [0.1, 0.15) is 12.1 Å². The zero-order valence-corrected chi connectivity index (χ0v) is 18.0. The second kappa shape index (κ2) is 8.73. The van der Waals surface area contributed by atoms with Gasteiger partial charge in [0.25, 0.3) is 0 Å². The number of halogens is 1. The average Bonchev–Trinajstić information content (AvgIpc) is 3.31. The summed E-state index contributed by atoms with van der Waals surface area (Å²) in [6.07, 6.45) is 3.59. The van der Waals surface area contributed by atoms with E-state index < -0.39 is 0 Å². The van der Waals surface area contributed by atoms with Crippen LogP contribution in [0.4, 0.5) is 0 Å². The molecule has 8 heteroatoms. The van der Waals surface area contributed by atoms with E-state index in [-0.39, 0.29) is 11.7 Å². The number of likely N-dealkylation sites (tertiary alicyclic amines) is 1. The fourth-order valence-electron chi connectivity index (χ4n) is 3.71. The van der Waals surface area contributed by atoms with Gasteiger partial charge in [-0.25, -0.2) is 0 Å². The Labute approximate surface area is 179 Å². The summed E-state index contributed by atoms with van der Waals surface area (Å²) in [7, 11) is 1.90. The van der Waals surface area contributed by atoms with Gasteiger partial charge in [0.2, 0.25) is 0 Å². The monoisotopic (exact) mass is 430 g/mol. The predicted molar refractivity (Wildman–Crippen MR) is 112 cm³/mol. The minimum atomic E-state index is 0.00563. The van der Waals surface area contributed by atoms with Gasteiger partial charge < -0.3 is 8.98 Å². The lowest BCUT2D eigenvalue weighted by Gasteiger charge is -2.31. The second-order valence-corrected chi connectivity index (χ2v) is 8.85. The van der Waals surface area contributed by atoms with Crippen molar-refractivity contribution in [3.8, 4) is 0 Å². The van der Waals surface area contributed by atoms with Gasteiger partial charge in [-0.2, -0.15) is 0 Å². The van der Waals surface area contributed by atoms with Gasteiger partial charge in [-0.15, -0.1) is 10.2 Å². The molecule has 1 saturated heterocycles. The Bertz CT molecular complexity index is 1020. The summed E-state index contributed by atoms with van der Waals surface area (Å²) in [4.78, 5) is 15.3. The van der Waals surface area contributed by atoms with Crippen LogP contribution in [0.2, 0.25) is 5.02 Å². The number of ketones is 1. The minimum absolute atomic E-state index is 0.00563. The number of hydrogen-bond donors (Lipinski definition) is 0. The molecule has 3 heterocycles. The normalized spacial score (nSPS) is 17.6. The number of aryl methyl sites for hydroxylation is 2. The van der Waals surface area contributed by atoms with E-state index >= 15 is 0 Å². The number of rotatable bonds is 6. The maximum Gasteiger partial charge on any atom is 0.198 e. The molecule has 0 spiro atoms. The molecule has 1 aromatic carbocycles. The molecule has 3 aromatic rings. The molecule has 1 aliphatic rings. The number of Topliss-reactive ketones (excluding diaryl/α,β-unsaturated/α-hetero) is 1. The summed E-state index contributed by atoms with van der Waals surface area (Å²) in [5.41, 5.74) is 1.72. The lowest BCUT2D eigenvalue weighted by Crippen LogP contribution is -2.38. The maximum atomic E-state index is 13.0. The van der Waals surface area contributed by atoms with Crippen LogP contribution in [-0.4, -0.2) is 38.5 Å². The van der Waals surface area contributed by atoms with Crippen LogP contribution in [0.1, 0.15) is 34.5 Å². The van der Waals surface area contributed by atoms with E-state index in [4.69, 9.17) is 16.0 Å². The first-order valence-electron chi connectivity index (χ1n) is 9.63. The molecule has 0 N–H and O–H groups in total. The summed E-state index contributed by atoms with van der Waals surface area (Å²) in [5.74, 6) is 1.11. The van der Waals surface area contributed by atoms with Gasteiger partial charge in [0.15, 0.2) is 16.0 Å². The Morgan fingerprint density at radius 1 is 1.34 bits per heavy atom. The highest BCUT2D eigenvalue weighted by atomic mass is 35.5. The molecule has 152 valence electrons. The van der Waals surface area contributed by atoms with Crippen molar-refractivity contribution in [2.75, 3.05) is 13.1 Å². The Morgan fingerprint density at radius 3 is 2.97 bits per heavy atom. The lowest BCUT2D eigenvalue weighted by atomic mass is 9.88. The summed E-state index contributed by atoms with van der Waals surface area (Å²) < 4.78 is 7.82. The van der Waals surface area contributed by atoms with Crippen molar-refractivity contribution in [3.63, 3.8) is 0 Å². The van der Waals surface area contributed by atoms with Crippen LogP contribution in [0.3, 0.4) is 0 Å². The first kappa shape index (κ1) is 20.2. The van der Waals surface area contributed by atoms with Crippen LogP contribution < -0.4 is 0 Å². The van der Waals surface area contributed by atoms with Crippen LogP contribution in [0.5, 0.6) is 0 Å².